The Morgan fingerprint density at radius 3 is 2.77 bits per heavy atom. The SMILES string of the molecule is CC#CC(=O)N1CCC[C@H]1C(=O)O. The van der Waals surface area contributed by atoms with Crippen LogP contribution in [-0.2, 0) is 9.59 Å². The third-order valence-electron chi connectivity index (χ3n) is 2.03. The summed E-state index contributed by atoms with van der Waals surface area (Å²) >= 11 is 0. The van der Waals surface area contributed by atoms with Crippen LogP contribution in [0.4, 0.5) is 0 Å². The molecule has 1 heterocycles. The zero-order valence-electron chi connectivity index (χ0n) is 7.41. The van der Waals surface area contributed by atoms with Gasteiger partial charge < -0.3 is 10.0 Å². The summed E-state index contributed by atoms with van der Waals surface area (Å²) in [6.45, 7) is 2.06. The van der Waals surface area contributed by atoms with E-state index in [-0.39, 0.29) is 5.91 Å². The fraction of sp³-hybridized carbons (Fsp3) is 0.556. The fourth-order valence-corrected chi connectivity index (χ4v) is 1.45. The van der Waals surface area contributed by atoms with Gasteiger partial charge in [0, 0.05) is 6.54 Å². The number of rotatable bonds is 1. The van der Waals surface area contributed by atoms with Gasteiger partial charge in [-0.3, -0.25) is 4.79 Å². The normalized spacial score (nSPS) is 20.7. The van der Waals surface area contributed by atoms with Gasteiger partial charge in [-0.25, -0.2) is 4.79 Å². The van der Waals surface area contributed by atoms with Crippen molar-refractivity contribution >= 4 is 11.9 Å². The van der Waals surface area contributed by atoms with Gasteiger partial charge in [-0.1, -0.05) is 5.92 Å². The van der Waals surface area contributed by atoms with E-state index in [1.807, 2.05) is 0 Å². The second kappa shape index (κ2) is 3.94. The summed E-state index contributed by atoms with van der Waals surface area (Å²) in [4.78, 5) is 23.2. The molecule has 0 aromatic carbocycles. The van der Waals surface area contributed by atoms with E-state index < -0.39 is 12.0 Å². The maximum absolute atomic E-state index is 11.2. The van der Waals surface area contributed by atoms with Gasteiger partial charge in [-0.15, -0.1) is 0 Å². The number of aliphatic carboxylic acids is 1. The lowest BCUT2D eigenvalue weighted by Gasteiger charge is -2.17. The molecule has 4 heteroatoms. The number of carbonyl (C=O) groups is 2. The van der Waals surface area contributed by atoms with E-state index in [4.69, 9.17) is 5.11 Å². The fourth-order valence-electron chi connectivity index (χ4n) is 1.45. The molecule has 13 heavy (non-hydrogen) atoms. The zero-order valence-corrected chi connectivity index (χ0v) is 7.41. The largest absolute Gasteiger partial charge is 0.480 e. The molecule has 0 spiro atoms. The summed E-state index contributed by atoms with van der Waals surface area (Å²) in [6, 6.07) is -0.673. The van der Waals surface area contributed by atoms with Gasteiger partial charge in [-0.05, 0) is 25.7 Å². The molecule has 0 unspecified atom stereocenters. The van der Waals surface area contributed by atoms with Crippen LogP contribution in [0.15, 0.2) is 0 Å². The number of amides is 1. The molecule has 0 saturated carbocycles. The third kappa shape index (κ3) is 2.00. The van der Waals surface area contributed by atoms with Crippen LogP contribution in [0.5, 0.6) is 0 Å². The smallest absolute Gasteiger partial charge is 0.326 e. The number of nitrogens with zero attached hydrogens (tertiary/aromatic N) is 1. The highest BCUT2D eigenvalue weighted by Crippen LogP contribution is 2.16. The second-order valence-corrected chi connectivity index (χ2v) is 2.87. The first-order chi connectivity index (χ1) is 6.16. The Morgan fingerprint density at radius 2 is 2.23 bits per heavy atom. The number of carboxylic acid groups (broad SMARTS) is 1. The minimum absolute atomic E-state index is 0.382. The monoisotopic (exact) mass is 181 g/mol. The summed E-state index contributed by atoms with van der Waals surface area (Å²) < 4.78 is 0. The van der Waals surface area contributed by atoms with Crippen LogP contribution in [0.1, 0.15) is 19.8 Å². The highest BCUT2D eigenvalue weighted by molar-refractivity contribution is 5.96. The predicted octanol–water partition coefficient (Wildman–Crippen LogP) is 0.0853. The van der Waals surface area contributed by atoms with Gasteiger partial charge in [0.25, 0.3) is 5.91 Å². The van der Waals surface area contributed by atoms with Crippen LogP contribution in [0.3, 0.4) is 0 Å². The topological polar surface area (TPSA) is 57.6 Å². The first-order valence-corrected chi connectivity index (χ1v) is 4.13. The lowest BCUT2D eigenvalue weighted by molar-refractivity contribution is -0.146. The highest BCUT2D eigenvalue weighted by atomic mass is 16.4. The first-order valence-electron chi connectivity index (χ1n) is 4.13. The van der Waals surface area contributed by atoms with Crippen molar-refractivity contribution in [3.8, 4) is 11.8 Å². The molecule has 1 aliphatic rings. The number of hydrogen-bond donors (Lipinski definition) is 1. The lowest BCUT2D eigenvalue weighted by atomic mass is 10.2. The zero-order chi connectivity index (χ0) is 9.84. The molecule has 1 rings (SSSR count). The molecule has 1 amide bonds. The molecule has 0 aromatic rings. The number of carboxylic acids is 1. The van der Waals surface area contributed by atoms with Crippen molar-refractivity contribution in [1.82, 2.24) is 4.90 Å². The molecule has 1 N–H and O–H groups in total. The van der Waals surface area contributed by atoms with E-state index in [2.05, 4.69) is 11.8 Å². The standard InChI is InChI=1S/C9H11NO3/c1-2-4-8(11)10-6-3-5-7(10)9(12)13/h7H,3,5-6H2,1H3,(H,12,13)/t7-/m0/s1. The number of carbonyl (C=O) groups excluding carboxylic acids is 1. The first kappa shape index (κ1) is 9.59. The Morgan fingerprint density at radius 1 is 1.54 bits per heavy atom. The maximum Gasteiger partial charge on any atom is 0.326 e. The number of likely N-dealkylation sites (tertiary alicyclic amines) is 1. The van der Waals surface area contributed by atoms with E-state index in [1.165, 1.54) is 4.90 Å². The highest BCUT2D eigenvalue weighted by Gasteiger charge is 2.32. The van der Waals surface area contributed by atoms with Gasteiger partial charge in [0.15, 0.2) is 0 Å². The summed E-state index contributed by atoms with van der Waals surface area (Å²) in [5.74, 6) is 3.49. The average Bonchev–Trinajstić information content (AvgIpc) is 2.52. The van der Waals surface area contributed by atoms with E-state index in [0.29, 0.717) is 13.0 Å². The van der Waals surface area contributed by atoms with Crippen molar-refractivity contribution in [2.24, 2.45) is 0 Å². The second-order valence-electron chi connectivity index (χ2n) is 2.87. The van der Waals surface area contributed by atoms with Crippen molar-refractivity contribution in [2.45, 2.75) is 25.8 Å². The van der Waals surface area contributed by atoms with Crippen LogP contribution >= 0.6 is 0 Å². The Kier molecular flexibility index (Phi) is 2.91. The molecule has 0 radical (unpaired) electrons. The van der Waals surface area contributed by atoms with Crippen LogP contribution < -0.4 is 0 Å². The van der Waals surface area contributed by atoms with Crippen LogP contribution in [0, 0.1) is 11.8 Å². The number of hydrogen-bond acceptors (Lipinski definition) is 2. The summed E-state index contributed by atoms with van der Waals surface area (Å²) in [5, 5.41) is 8.76. The van der Waals surface area contributed by atoms with Gasteiger partial charge in [-0.2, -0.15) is 0 Å². The van der Waals surface area contributed by atoms with Crippen molar-refractivity contribution < 1.29 is 14.7 Å². The molecule has 0 aromatic heterocycles. The van der Waals surface area contributed by atoms with Gasteiger partial charge in [0.05, 0.1) is 0 Å². The average molecular weight is 181 g/mol. The Bertz CT molecular complexity index is 287. The predicted molar refractivity (Wildman–Crippen MR) is 45.8 cm³/mol. The minimum Gasteiger partial charge on any atom is -0.480 e. The summed E-state index contributed by atoms with van der Waals surface area (Å²) in [7, 11) is 0. The molecule has 1 saturated heterocycles. The Balaban J connectivity index is 2.72. The van der Waals surface area contributed by atoms with Gasteiger partial charge in [0.2, 0.25) is 0 Å². The quantitative estimate of drug-likeness (QED) is 0.583. The summed E-state index contributed by atoms with van der Waals surface area (Å²) in [5.41, 5.74) is 0. The molecule has 1 atom stereocenters. The van der Waals surface area contributed by atoms with E-state index >= 15 is 0 Å². The van der Waals surface area contributed by atoms with Crippen LogP contribution in [-0.4, -0.2) is 34.5 Å². The van der Waals surface area contributed by atoms with Gasteiger partial charge >= 0.3 is 5.97 Å². The lowest BCUT2D eigenvalue weighted by Crippen LogP contribution is -2.39. The van der Waals surface area contributed by atoms with Crippen molar-refractivity contribution in [3.05, 3.63) is 0 Å². The molecule has 70 valence electrons. The van der Waals surface area contributed by atoms with Crippen LogP contribution in [0.25, 0.3) is 0 Å². The molecule has 0 aliphatic carbocycles. The van der Waals surface area contributed by atoms with E-state index in [9.17, 15) is 9.59 Å². The van der Waals surface area contributed by atoms with Crippen molar-refractivity contribution in [1.29, 1.82) is 0 Å². The molecule has 4 nitrogen and oxygen atoms in total. The maximum atomic E-state index is 11.2. The Labute approximate surface area is 76.5 Å². The van der Waals surface area contributed by atoms with E-state index in [0.717, 1.165) is 6.42 Å². The van der Waals surface area contributed by atoms with Gasteiger partial charge in [0.1, 0.15) is 6.04 Å². The molecule has 1 fully saturated rings. The molecular weight excluding hydrogens is 170 g/mol. The molecular formula is C9H11NO3. The van der Waals surface area contributed by atoms with E-state index in [1.54, 1.807) is 6.92 Å². The van der Waals surface area contributed by atoms with Crippen molar-refractivity contribution in [2.75, 3.05) is 6.54 Å². The van der Waals surface area contributed by atoms with Crippen LogP contribution in [0.2, 0.25) is 0 Å². The third-order valence-corrected chi connectivity index (χ3v) is 2.03. The minimum atomic E-state index is -0.941. The molecule has 1 aliphatic heterocycles. The van der Waals surface area contributed by atoms with Crippen molar-refractivity contribution in [3.63, 3.8) is 0 Å². The summed E-state index contributed by atoms with van der Waals surface area (Å²) in [6.07, 6.45) is 1.28. The Hall–Kier alpha value is -1.50. The molecule has 0 bridgehead atoms.